The molecule has 0 atom stereocenters. The number of unbranched alkanes of at least 4 members (excludes halogenated alkanes) is 1. The van der Waals surface area contributed by atoms with Gasteiger partial charge in [-0.15, -0.1) is 0 Å². The molecule has 2 aromatic rings. The second kappa shape index (κ2) is 7.57. The number of allylic oxidation sites excluding steroid dienone is 1. The van der Waals surface area contributed by atoms with Crippen LogP contribution in [0.1, 0.15) is 83.9 Å². The van der Waals surface area contributed by atoms with Crippen LogP contribution in [0.5, 0.6) is 0 Å². The molecule has 0 saturated heterocycles. The molecule has 1 heterocycles. The van der Waals surface area contributed by atoms with Crippen molar-refractivity contribution in [3.8, 4) is 0 Å². The first-order chi connectivity index (χ1) is 12.8. The summed E-state index contributed by atoms with van der Waals surface area (Å²) in [5, 5.41) is 0. The lowest BCUT2D eigenvalue weighted by Crippen LogP contribution is -2.21. The summed E-state index contributed by atoms with van der Waals surface area (Å²) in [5.74, 6) is 0.247. The standard InChI is InChI=1S/C24H27NO/c1-2-3-12-19-20-13-7-11-18(16-17-9-5-4-6-10-17)23(20)25-24-21(19)14-8-15-22(24)26/h4-6,9-10,16H,2-3,7-8,11-15H2,1H3/b18-16-. The third-order valence-corrected chi connectivity index (χ3v) is 5.72. The molecule has 1 aromatic carbocycles. The van der Waals surface area contributed by atoms with Crippen molar-refractivity contribution >= 4 is 17.4 Å². The third-order valence-electron chi connectivity index (χ3n) is 5.72. The molecular weight excluding hydrogens is 318 g/mol. The maximum absolute atomic E-state index is 12.6. The normalized spacial score (nSPS) is 17.9. The summed E-state index contributed by atoms with van der Waals surface area (Å²) in [6.45, 7) is 2.24. The molecule has 4 rings (SSSR count). The lowest BCUT2D eigenvalue weighted by Gasteiger charge is -2.27. The SMILES string of the molecule is CCCCc1c2c(nc3c1CCC/C3=C/c1ccccc1)C(=O)CCC2. The number of Topliss-reactive ketones (excluding diaryl/α,β-unsaturated/α-hetero) is 1. The topological polar surface area (TPSA) is 30.0 Å². The summed E-state index contributed by atoms with van der Waals surface area (Å²) >= 11 is 0. The first-order valence-corrected chi connectivity index (χ1v) is 10.1. The van der Waals surface area contributed by atoms with Gasteiger partial charge in [0.1, 0.15) is 5.69 Å². The minimum atomic E-state index is 0.247. The maximum atomic E-state index is 12.6. The van der Waals surface area contributed by atoms with Crippen LogP contribution in [-0.2, 0) is 19.3 Å². The molecule has 0 fully saturated rings. The molecule has 2 heteroatoms. The second-order valence-electron chi connectivity index (χ2n) is 7.56. The van der Waals surface area contributed by atoms with E-state index in [0.29, 0.717) is 6.42 Å². The predicted octanol–water partition coefficient (Wildman–Crippen LogP) is 5.82. The molecule has 2 aliphatic carbocycles. The Hall–Kier alpha value is -2.22. The van der Waals surface area contributed by atoms with Crippen LogP contribution >= 0.6 is 0 Å². The Morgan fingerprint density at radius 1 is 0.962 bits per heavy atom. The Morgan fingerprint density at radius 3 is 2.46 bits per heavy atom. The smallest absolute Gasteiger partial charge is 0.181 e. The van der Waals surface area contributed by atoms with Gasteiger partial charge < -0.3 is 0 Å². The van der Waals surface area contributed by atoms with Crippen molar-refractivity contribution < 1.29 is 4.79 Å². The summed E-state index contributed by atoms with van der Waals surface area (Å²) in [7, 11) is 0. The van der Waals surface area contributed by atoms with Gasteiger partial charge in [0.15, 0.2) is 5.78 Å². The van der Waals surface area contributed by atoms with Crippen LogP contribution in [0, 0.1) is 0 Å². The van der Waals surface area contributed by atoms with E-state index in [1.807, 2.05) is 6.07 Å². The number of aromatic nitrogens is 1. The summed E-state index contributed by atoms with van der Waals surface area (Å²) < 4.78 is 0. The molecule has 26 heavy (non-hydrogen) atoms. The van der Waals surface area contributed by atoms with Crippen LogP contribution < -0.4 is 0 Å². The molecule has 0 N–H and O–H groups in total. The number of nitrogens with zero attached hydrogens (tertiary/aromatic N) is 1. The fourth-order valence-corrected chi connectivity index (χ4v) is 4.41. The van der Waals surface area contributed by atoms with E-state index < -0.39 is 0 Å². The molecular formula is C24H27NO. The van der Waals surface area contributed by atoms with Crippen LogP contribution in [0.2, 0.25) is 0 Å². The van der Waals surface area contributed by atoms with Gasteiger partial charge >= 0.3 is 0 Å². The number of ketones is 1. The van der Waals surface area contributed by atoms with E-state index in [2.05, 4.69) is 37.3 Å². The van der Waals surface area contributed by atoms with Gasteiger partial charge in [-0.2, -0.15) is 0 Å². The molecule has 1 aromatic heterocycles. The van der Waals surface area contributed by atoms with Gasteiger partial charge in [0, 0.05) is 6.42 Å². The maximum Gasteiger partial charge on any atom is 0.181 e. The largest absolute Gasteiger partial charge is 0.292 e. The van der Waals surface area contributed by atoms with E-state index in [-0.39, 0.29) is 5.78 Å². The molecule has 0 unspecified atom stereocenters. The zero-order chi connectivity index (χ0) is 17.9. The van der Waals surface area contributed by atoms with Gasteiger partial charge in [-0.25, -0.2) is 4.98 Å². The Balaban J connectivity index is 1.87. The van der Waals surface area contributed by atoms with E-state index >= 15 is 0 Å². The minimum absolute atomic E-state index is 0.247. The lowest BCUT2D eigenvalue weighted by molar-refractivity contribution is 0.0966. The summed E-state index contributed by atoms with van der Waals surface area (Å²) in [6.07, 6.45) is 11.7. The van der Waals surface area contributed by atoms with Crippen molar-refractivity contribution in [3.05, 3.63) is 64.0 Å². The van der Waals surface area contributed by atoms with Crippen molar-refractivity contribution in [1.29, 1.82) is 0 Å². The van der Waals surface area contributed by atoms with Crippen molar-refractivity contribution in [1.82, 2.24) is 4.98 Å². The van der Waals surface area contributed by atoms with E-state index in [1.165, 1.54) is 47.1 Å². The average molecular weight is 345 g/mol. The molecule has 0 bridgehead atoms. The fraction of sp³-hybridized carbons (Fsp3) is 0.417. The second-order valence-corrected chi connectivity index (χ2v) is 7.56. The highest BCUT2D eigenvalue weighted by molar-refractivity contribution is 5.98. The van der Waals surface area contributed by atoms with Gasteiger partial charge in [0.25, 0.3) is 0 Å². The average Bonchev–Trinajstić information content (AvgIpc) is 2.67. The van der Waals surface area contributed by atoms with Crippen molar-refractivity contribution in [2.24, 2.45) is 0 Å². The van der Waals surface area contributed by atoms with Gasteiger partial charge in [-0.05, 0) is 78.8 Å². The van der Waals surface area contributed by atoms with E-state index in [1.54, 1.807) is 0 Å². The number of fused-ring (bicyclic) bond motifs is 2. The van der Waals surface area contributed by atoms with Crippen LogP contribution in [0.15, 0.2) is 30.3 Å². The number of carbonyl (C=O) groups excluding carboxylic acids is 1. The van der Waals surface area contributed by atoms with Crippen LogP contribution in [0.4, 0.5) is 0 Å². The number of benzene rings is 1. The van der Waals surface area contributed by atoms with Gasteiger partial charge in [0.2, 0.25) is 0 Å². The van der Waals surface area contributed by atoms with Crippen LogP contribution in [0.3, 0.4) is 0 Å². The predicted molar refractivity (Wildman–Crippen MR) is 107 cm³/mol. The Bertz CT molecular complexity index is 848. The summed E-state index contributed by atoms with van der Waals surface area (Å²) in [6, 6.07) is 10.5. The van der Waals surface area contributed by atoms with Crippen LogP contribution in [-0.4, -0.2) is 10.8 Å². The molecule has 0 saturated carbocycles. The van der Waals surface area contributed by atoms with E-state index in [4.69, 9.17) is 4.98 Å². The third kappa shape index (κ3) is 3.25. The zero-order valence-corrected chi connectivity index (χ0v) is 15.7. The number of pyridine rings is 1. The highest BCUT2D eigenvalue weighted by atomic mass is 16.1. The molecule has 0 aliphatic heterocycles. The number of carbonyl (C=O) groups is 1. The molecule has 2 nitrogen and oxygen atoms in total. The first-order valence-electron chi connectivity index (χ1n) is 10.1. The van der Waals surface area contributed by atoms with Crippen LogP contribution in [0.25, 0.3) is 11.6 Å². The fourth-order valence-electron chi connectivity index (χ4n) is 4.41. The highest BCUT2D eigenvalue weighted by Crippen LogP contribution is 2.37. The molecule has 2 aliphatic rings. The Labute approximate surface area is 156 Å². The number of hydrogen-bond acceptors (Lipinski definition) is 2. The van der Waals surface area contributed by atoms with E-state index in [9.17, 15) is 4.79 Å². The molecule has 0 radical (unpaired) electrons. The number of rotatable bonds is 4. The molecule has 134 valence electrons. The molecule has 0 spiro atoms. The summed E-state index contributed by atoms with van der Waals surface area (Å²) in [4.78, 5) is 17.5. The van der Waals surface area contributed by atoms with E-state index in [0.717, 1.165) is 43.5 Å². The van der Waals surface area contributed by atoms with Gasteiger partial charge in [-0.1, -0.05) is 43.7 Å². The highest BCUT2D eigenvalue weighted by Gasteiger charge is 2.28. The monoisotopic (exact) mass is 345 g/mol. The Morgan fingerprint density at radius 2 is 1.69 bits per heavy atom. The number of hydrogen-bond donors (Lipinski definition) is 0. The first kappa shape index (κ1) is 17.2. The van der Waals surface area contributed by atoms with Crippen molar-refractivity contribution in [2.75, 3.05) is 0 Å². The minimum Gasteiger partial charge on any atom is -0.292 e. The van der Waals surface area contributed by atoms with Gasteiger partial charge in [-0.3, -0.25) is 4.79 Å². The van der Waals surface area contributed by atoms with Gasteiger partial charge in [0.05, 0.1) is 5.69 Å². The zero-order valence-electron chi connectivity index (χ0n) is 15.7. The molecule has 0 amide bonds. The lowest BCUT2D eigenvalue weighted by atomic mass is 9.80. The summed E-state index contributed by atoms with van der Waals surface area (Å²) in [5.41, 5.74) is 8.57. The quantitative estimate of drug-likeness (QED) is 0.699. The Kier molecular flexibility index (Phi) is 5.01. The van der Waals surface area contributed by atoms with Crippen molar-refractivity contribution in [3.63, 3.8) is 0 Å². The van der Waals surface area contributed by atoms with Crippen molar-refractivity contribution in [2.45, 2.75) is 64.7 Å².